The zero-order chi connectivity index (χ0) is 17.0. The van der Waals surface area contributed by atoms with Crippen LogP contribution in [-0.4, -0.2) is 63.9 Å². The third-order valence-corrected chi connectivity index (χ3v) is 4.31. The van der Waals surface area contributed by atoms with Gasteiger partial charge in [-0.2, -0.15) is 0 Å². The highest BCUT2D eigenvalue weighted by molar-refractivity contribution is 6.05. The first-order valence-electron chi connectivity index (χ1n) is 7.63. The number of carbonyl (C=O) groups excluding carboxylic acids is 1. The topological polar surface area (TPSA) is 57.2 Å². The van der Waals surface area contributed by atoms with E-state index in [1.54, 1.807) is 33.5 Å². The third-order valence-electron chi connectivity index (χ3n) is 4.31. The van der Waals surface area contributed by atoms with E-state index in [4.69, 9.17) is 18.9 Å². The van der Waals surface area contributed by atoms with Crippen molar-refractivity contribution in [3.63, 3.8) is 0 Å². The van der Waals surface area contributed by atoms with E-state index in [1.165, 1.54) is 0 Å². The number of Topliss-reactive ketones (excluding diaryl/α,β-unsaturated/α-hetero) is 1. The van der Waals surface area contributed by atoms with Gasteiger partial charge in [-0.15, -0.1) is 0 Å². The predicted octanol–water partition coefficient (Wildman–Crippen LogP) is 2.01. The van der Waals surface area contributed by atoms with Crippen LogP contribution in [0.4, 0.5) is 0 Å². The number of morpholine rings is 1. The van der Waals surface area contributed by atoms with Crippen molar-refractivity contribution in [2.75, 3.05) is 47.6 Å². The number of carbonyl (C=O) groups is 1. The van der Waals surface area contributed by atoms with Crippen molar-refractivity contribution in [1.29, 1.82) is 0 Å². The molecule has 1 aliphatic rings. The Hall–Kier alpha value is -1.79. The molecule has 0 aliphatic carbocycles. The Bertz CT molecular complexity index is 564. The van der Waals surface area contributed by atoms with Crippen molar-refractivity contribution in [1.82, 2.24) is 4.90 Å². The van der Waals surface area contributed by atoms with Gasteiger partial charge in [-0.1, -0.05) is 0 Å². The van der Waals surface area contributed by atoms with Gasteiger partial charge in [0.1, 0.15) is 5.75 Å². The molecule has 1 saturated heterocycles. The number of ether oxygens (including phenoxy) is 4. The van der Waals surface area contributed by atoms with Crippen LogP contribution in [0.2, 0.25) is 0 Å². The SMILES string of the molecule is COc1cc(OC)c(C(=O)C(C)(C)N2CCOCC2)cc1OC. The van der Waals surface area contributed by atoms with Crippen LogP contribution in [0.5, 0.6) is 17.2 Å². The van der Waals surface area contributed by atoms with Gasteiger partial charge in [-0.3, -0.25) is 9.69 Å². The average molecular weight is 323 g/mol. The second kappa shape index (κ2) is 7.19. The molecule has 2 rings (SSSR count). The molecule has 6 heteroatoms. The molecular weight excluding hydrogens is 298 g/mol. The summed E-state index contributed by atoms with van der Waals surface area (Å²) in [5, 5.41) is 0. The summed E-state index contributed by atoms with van der Waals surface area (Å²) >= 11 is 0. The number of benzene rings is 1. The molecule has 0 bridgehead atoms. The molecule has 1 fully saturated rings. The van der Waals surface area contributed by atoms with E-state index in [0.29, 0.717) is 36.0 Å². The molecule has 0 radical (unpaired) electrons. The lowest BCUT2D eigenvalue weighted by atomic mass is 9.90. The second-order valence-corrected chi connectivity index (χ2v) is 5.90. The highest BCUT2D eigenvalue weighted by atomic mass is 16.5. The Morgan fingerprint density at radius 3 is 2.04 bits per heavy atom. The summed E-state index contributed by atoms with van der Waals surface area (Å²) in [4.78, 5) is 15.3. The quantitative estimate of drug-likeness (QED) is 0.747. The monoisotopic (exact) mass is 323 g/mol. The first-order chi connectivity index (χ1) is 11.0. The summed E-state index contributed by atoms with van der Waals surface area (Å²) in [6, 6.07) is 3.36. The number of ketones is 1. The van der Waals surface area contributed by atoms with Crippen LogP contribution in [0, 0.1) is 0 Å². The predicted molar refractivity (Wildman–Crippen MR) is 86.9 cm³/mol. The van der Waals surface area contributed by atoms with Gasteiger partial charge in [-0.25, -0.2) is 0 Å². The van der Waals surface area contributed by atoms with Crippen molar-refractivity contribution >= 4 is 5.78 Å². The van der Waals surface area contributed by atoms with E-state index in [9.17, 15) is 4.79 Å². The normalized spacial score (nSPS) is 16.0. The summed E-state index contributed by atoms with van der Waals surface area (Å²) < 4.78 is 21.4. The van der Waals surface area contributed by atoms with Gasteiger partial charge in [0.05, 0.1) is 45.6 Å². The van der Waals surface area contributed by atoms with Crippen molar-refractivity contribution in [3.8, 4) is 17.2 Å². The van der Waals surface area contributed by atoms with Gasteiger partial charge in [0.25, 0.3) is 0 Å². The van der Waals surface area contributed by atoms with Gasteiger partial charge in [0.2, 0.25) is 0 Å². The van der Waals surface area contributed by atoms with E-state index in [1.807, 2.05) is 13.8 Å². The van der Waals surface area contributed by atoms with Crippen LogP contribution in [-0.2, 0) is 4.74 Å². The van der Waals surface area contributed by atoms with Crippen molar-refractivity contribution in [3.05, 3.63) is 17.7 Å². The Morgan fingerprint density at radius 1 is 1.00 bits per heavy atom. The van der Waals surface area contributed by atoms with Crippen molar-refractivity contribution in [2.24, 2.45) is 0 Å². The standard InChI is InChI=1S/C17H25NO5/c1-17(2,18-6-8-23-9-7-18)16(19)12-10-14(21-4)15(22-5)11-13(12)20-3/h10-11H,6-9H2,1-5H3. The molecule has 1 heterocycles. The van der Waals surface area contributed by atoms with Gasteiger partial charge >= 0.3 is 0 Å². The Kier molecular flexibility index (Phi) is 5.49. The molecule has 1 aromatic rings. The van der Waals surface area contributed by atoms with E-state index in [2.05, 4.69) is 4.90 Å². The molecular formula is C17H25NO5. The molecule has 0 amide bonds. The molecule has 0 aromatic heterocycles. The summed E-state index contributed by atoms with van der Waals surface area (Å²) in [7, 11) is 4.64. The summed E-state index contributed by atoms with van der Waals surface area (Å²) in [5.41, 5.74) is -0.168. The average Bonchev–Trinajstić information content (AvgIpc) is 2.60. The number of hydrogen-bond acceptors (Lipinski definition) is 6. The van der Waals surface area contributed by atoms with Crippen LogP contribution in [0.3, 0.4) is 0 Å². The van der Waals surface area contributed by atoms with E-state index < -0.39 is 5.54 Å². The molecule has 6 nitrogen and oxygen atoms in total. The van der Waals surface area contributed by atoms with Gasteiger partial charge in [0.15, 0.2) is 17.3 Å². The second-order valence-electron chi connectivity index (χ2n) is 5.90. The zero-order valence-corrected chi connectivity index (χ0v) is 14.5. The first-order valence-corrected chi connectivity index (χ1v) is 7.63. The molecule has 1 aliphatic heterocycles. The van der Waals surface area contributed by atoms with Crippen molar-refractivity contribution < 1.29 is 23.7 Å². The number of methoxy groups -OCH3 is 3. The minimum Gasteiger partial charge on any atom is -0.496 e. The fourth-order valence-corrected chi connectivity index (χ4v) is 2.80. The number of rotatable bonds is 6. The minimum absolute atomic E-state index is 0.0165. The minimum atomic E-state index is -0.656. The van der Waals surface area contributed by atoms with Gasteiger partial charge in [0, 0.05) is 19.2 Å². The van der Waals surface area contributed by atoms with E-state index in [-0.39, 0.29) is 5.78 Å². The maximum absolute atomic E-state index is 13.2. The molecule has 1 aromatic carbocycles. The fraction of sp³-hybridized carbons (Fsp3) is 0.588. The summed E-state index contributed by atoms with van der Waals surface area (Å²) in [6.45, 7) is 6.59. The lowest BCUT2D eigenvalue weighted by Crippen LogP contribution is -2.54. The summed E-state index contributed by atoms with van der Waals surface area (Å²) in [5.74, 6) is 1.51. The van der Waals surface area contributed by atoms with E-state index >= 15 is 0 Å². The fourth-order valence-electron chi connectivity index (χ4n) is 2.80. The van der Waals surface area contributed by atoms with Crippen molar-refractivity contribution in [2.45, 2.75) is 19.4 Å². The van der Waals surface area contributed by atoms with Crippen LogP contribution in [0.15, 0.2) is 12.1 Å². The molecule has 0 saturated carbocycles. The Labute approximate surface area is 137 Å². The molecule has 0 spiro atoms. The smallest absolute Gasteiger partial charge is 0.186 e. The maximum Gasteiger partial charge on any atom is 0.186 e. The Morgan fingerprint density at radius 2 is 1.52 bits per heavy atom. The molecule has 128 valence electrons. The van der Waals surface area contributed by atoms with Crippen LogP contribution < -0.4 is 14.2 Å². The lowest BCUT2D eigenvalue weighted by molar-refractivity contribution is -0.00439. The largest absolute Gasteiger partial charge is 0.496 e. The Balaban J connectivity index is 2.40. The third kappa shape index (κ3) is 3.43. The highest BCUT2D eigenvalue weighted by Crippen LogP contribution is 2.37. The molecule has 0 N–H and O–H groups in total. The van der Waals surface area contributed by atoms with Gasteiger partial charge in [-0.05, 0) is 19.9 Å². The zero-order valence-electron chi connectivity index (χ0n) is 14.5. The van der Waals surface area contributed by atoms with Crippen LogP contribution >= 0.6 is 0 Å². The van der Waals surface area contributed by atoms with E-state index in [0.717, 1.165) is 13.1 Å². The van der Waals surface area contributed by atoms with Crippen LogP contribution in [0.25, 0.3) is 0 Å². The number of hydrogen-bond donors (Lipinski definition) is 0. The molecule has 23 heavy (non-hydrogen) atoms. The maximum atomic E-state index is 13.2. The highest BCUT2D eigenvalue weighted by Gasteiger charge is 2.37. The number of nitrogens with zero attached hydrogens (tertiary/aromatic N) is 1. The lowest BCUT2D eigenvalue weighted by Gasteiger charge is -2.39. The summed E-state index contributed by atoms with van der Waals surface area (Å²) in [6.07, 6.45) is 0. The van der Waals surface area contributed by atoms with Crippen LogP contribution in [0.1, 0.15) is 24.2 Å². The first kappa shape index (κ1) is 17.6. The molecule has 0 atom stereocenters. The molecule has 0 unspecified atom stereocenters. The van der Waals surface area contributed by atoms with Gasteiger partial charge < -0.3 is 18.9 Å².